The number of rotatable bonds is 3. The summed E-state index contributed by atoms with van der Waals surface area (Å²) in [5.74, 6) is 2.22. The highest BCUT2D eigenvalue weighted by Crippen LogP contribution is 2.83. The largest absolute Gasteiger partial charge is 0.462 e. The first-order chi connectivity index (χ1) is 18.5. The minimum atomic E-state index is -0.345. The third-order valence-electron chi connectivity index (χ3n) is 14.6. The van der Waals surface area contributed by atoms with E-state index in [1.54, 1.807) is 0 Å². The molecule has 1 spiro atoms. The number of amides is 1. The van der Waals surface area contributed by atoms with Crippen molar-refractivity contribution in [3.8, 4) is 0 Å². The lowest BCUT2D eigenvalue weighted by molar-refractivity contribution is -0.223. The topological polar surface area (TPSA) is 72.5 Å². The van der Waals surface area contributed by atoms with Crippen LogP contribution >= 0.6 is 0 Å². The molecule has 6 aliphatic rings. The van der Waals surface area contributed by atoms with Gasteiger partial charge in [-0.05, 0) is 117 Å². The second-order valence-corrected chi connectivity index (χ2v) is 17.5. The van der Waals surface area contributed by atoms with E-state index in [1.165, 1.54) is 19.8 Å². The highest BCUT2D eigenvalue weighted by molar-refractivity contribution is 5.90. The monoisotopic (exact) mass is 557 g/mol. The molecule has 0 aromatic heterocycles. The minimum Gasteiger partial charge on any atom is -0.462 e. The molecule has 0 aromatic rings. The van der Waals surface area contributed by atoms with Gasteiger partial charge in [0.15, 0.2) is 0 Å². The molecular formula is C35H59NO4. The molecule has 11 atom stereocenters. The maximum absolute atomic E-state index is 14.8. The molecule has 0 radical (unpaired) electrons. The average molecular weight is 558 g/mol. The number of ketones is 1. The zero-order valence-electron chi connectivity index (χ0n) is 26.7. The maximum Gasteiger partial charge on any atom is 0.302 e. The van der Waals surface area contributed by atoms with Crippen molar-refractivity contribution in [2.75, 3.05) is 0 Å². The van der Waals surface area contributed by atoms with Crippen LogP contribution in [0.15, 0.2) is 0 Å². The summed E-state index contributed by atoms with van der Waals surface area (Å²) < 4.78 is 5.88. The summed E-state index contributed by atoms with van der Waals surface area (Å²) in [6, 6.07) is 0.149. The predicted molar refractivity (Wildman–Crippen MR) is 160 cm³/mol. The third-order valence-corrected chi connectivity index (χ3v) is 14.6. The van der Waals surface area contributed by atoms with E-state index in [9.17, 15) is 14.4 Å². The van der Waals surface area contributed by atoms with Gasteiger partial charge in [0, 0.05) is 38.5 Å². The molecule has 6 unspecified atom stereocenters. The molecule has 0 heterocycles. The van der Waals surface area contributed by atoms with Gasteiger partial charge in [-0.2, -0.15) is 0 Å². The Morgan fingerprint density at radius 2 is 1.48 bits per heavy atom. The number of ether oxygens (including phenoxy) is 1. The van der Waals surface area contributed by atoms with Crippen LogP contribution in [0.25, 0.3) is 0 Å². The first kappa shape index (κ1) is 28.7. The Hall–Kier alpha value is -1.39. The van der Waals surface area contributed by atoms with Gasteiger partial charge in [0.05, 0.1) is 0 Å². The summed E-state index contributed by atoms with van der Waals surface area (Å²) in [7, 11) is 0. The van der Waals surface area contributed by atoms with Gasteiger partial charge in [0.2, 0.25) is 5.91 Å². The highest BCUT2D eigenvalue weighted by atomic mass is 16.5. The van der Waals surface area contributed by atoms with Gasteiger partial charge in [-0.25, -0.2) is 0 Å². The van der Waals surface area contributed by atoms with Crippen molar-refractivity contribution in [3.63, 3.8) is 0 Å². The van der Waals surface area contributed by atoms with Crippen LogP contribution < -0.4 is 5.32 Å². The minimum absolute atomic E-state index is 0. The summed E-state index contributed by atoms with van der Waals surface area (Å²) >= 11 is 0. The molecule has 1 amide bonds. The van der Waals surface area contributed by atoms with Crippen molar-refractivity contribution in [3.05, 3.63) is 0 Å². The number of carbonyl (C=O) groups is 3. The van der Waals surface area contributed by atoms with Crippen LogP contribution in [0.1, 0.15) is 129 Å². The Balaban J connectivity index is 0.00000202. The predicted octanol–water partition coefficient (Wildman–Crippen LogP) is 7.61. The van der Waals surface area contributed by atoms with Crippen molar-refractivity contribution < 1.29 is 22.0 Å². The number of carbonyl (C=O) groups excluding carboxylic acids is 3. The number of nitrogens with one attached hydrogen (secondary N) is 1. The van der Waals surface area contributed by atoms with Crippen molar-refractivity contribution in [1.82, 2.24) is 5.32 Å². The first-order valence-corrected chi connectivity index (χ1v) is 16.5. The van der Waals surface area contributed by atoms with Crippen LogP contribution in [0, 0.1) is 62.1 Å². The smallest absolute Gasteiger partial charge is 0.302 e. The molecule has 0 saturated heterocycles. The summed E-state index contributed by atoms with van der Waals surface area (Å²) in [4.78, 5) is 40.3. The zero-order chi connectivity index (χ0) is 29.3. The average Bonchev–Trinajstić information content (AvgIpc) is 3.57. The summed E-state index contributed by atoms with van der Waals surface area (Å²) in [6.07, 6.45) is 10.4. The Morgan fingerprint density at radius 3 is 2.12 bits per heavy atom. The molecule has 6 fully saturated rings. The lowest BCUT2D eigenvalue weighted by atomic mass is 9.34. The Bertz CT molecular complexity index is 1140. The van der Waals surface area contributed by atoms with Crippen LogP contribution in [0.2, 0.25) is 0 Å². The van der Waals surface area contributed by atoms with Gasteiger partial charge in [-0.3, -0.25) is 14.4 Å². The number of hydrogen-bond acceptors (Lipinski definition) is 4. The highest BCUT2D eigenvalue weighted by Gasteiger charge is 2.81. The van der Waals surface area contributed by atoms with E-state index >= 15 is 0 Å². The molecule has 0 aromatic carbocycles. The van der Waals surface area contributed by atoms with Crippen molar-refractivity contribution in [1.29, 1.82) is 0 Å². The molecule has 228 valence electrons. The van der Waals surface area contributed by atoms with E-state index in [4.69, 9.17) is 4.74 Å². The molecule has 0 bridgehead atoms. The summed E-state index contributed by atoms with van der Waals surface area (Å²) in [6.45, 7) is 19.8. The normalized spacial score (nSPS) is 52.3. The van der Waals surface area contributed by atoms with Gasteiger partial charge >= 0.3 is 5.97 Å². The molecule has 5 nitrogen and oxygen atoms in total. The van der Waals surface area contributed by atoms with Gasteiger partial charge in [-0.15, -0.1) is 0 Å². The fraction of sp³-hybridized carbons (Fsp3) is 0.914. The second kappa shape index (κ2) is 8.59. The Kier molecular flexibility index (Phi) is 6.17. The fourth-order valence-electron chi connectivity index (χ4n) is 12.8. The molecule has 6 saturated carbocycles. The lowest BCUT2D eigenvalue weighted by Crippen LogP contribution is -2.67. The number of hydrogen-bond donors (Lipinski definition) is 1. The number of Topliss-reactive ketones (excluding diaryl/α,β-unsaturated/α-hetero) is 1. The van der Waals surface area contributed by atoms with Crippen LogP contribution in [0.3, 0.4) is 0 Å². The number of fused-ring (bicyclic) bond motifs is 5. The second-order valence-electron chi connectivity index (χ2n) is 17.5. The van der Waals surface area contributed by atoms with E-state index in [0.29, 0.717) is 23.5 Å². The van der Waals surface area contributed by atoms with Crippen molar-refractivity contribution in [2.24, 2.45) is 62.1 Å². The molecule has 1 N–H and O–H groups in total. The Morgan fingerprint density at radius 1 is 0.850 bits per heavy atom. The van der Waals surface area contributed by atoms with Gasteiger partial charge in [-0.1, -0.05) is 41.5 Å². The summed E-state index contributed by atoms with van der Waals surface area (Å²) in [5.41, 5.74) is -0.215. The van der Waals surface area contributed by atoms with Crippen molar-refractivity contribution >= 4 is 17.7 Å². The van der Waals surface area contributed by atoms with Crippen LogP contribution in [-0.4, -0.2) is 29.8 Å². The Labute approximate surface area is 245 Å². The van der Waals surface area contributed by atoms with E-state index in [2.05, 4.69) is 60.7 Å². The molecule has 40 heavy (non-hydrogen) atoms. The molecular weight excluding hydrogens is 498 g/mol. The fourth-order valence-corrected chi connectivity index (χ4v) is 12.8. The lowest BCUT2D eigenvalue weighted by Gasteiger charge is -2.69. The quantitative estimate of drug-likeness (QED) is 0.363. The van der Waals surface area contributed by atoms with Gasteiger partial charge < -0.3 is 10.1 Å². The van der Waals surface area contributed by atoms with Crippen LogP contribution in [-0.2, 0) is 19.1 Å². The van der Waals surface area contributed by atoms with Gasteiger partial charge in [0.25, 0.3) is 0 Å². The van der Waals surface area contributed by atoms with E-state index < -0.39 is 0 Å². The van der Waals surface area contributed by atoms with Crippen LogP contribution in [0.4, 0.5) is 0 Å². The first-order valence-electron chi connectivity index (χ1n) is 16.5. The molecule has 0 aliphatic heterocycles. The SMILES string of the molecule is CC(=O)O[C@H]1CC[C@@]2(C)C(CC[C@@]3(C)C4CC[C@@]5(C)CCC(C)(C(=O)NC(C)C)C[C@H]5C45CC5C(=O)C23)C1(C)C.[HH].[HH]. The molecule has 6 rings (SSSR count). The van der Waals surface area contributed by atoms with Gasteiger partial charge in [0.1, 0.15) is 11.9 Å². The van der Waals surface area contributed by atoms with E-state index in [0.717, 1.165) is 51.4 Å². The zero-order valence-corrected chi connectivity index (χ0v) is 26.7. The molecule has 6 aliphatic carbocycles. The standard InChI is InChI=1S/C35H55NO4.2H2/c1-20(2)36-29(39)32(7)17-16-31(6)13-10-24-34(9)14-11-23-30(4,5)26(40-21(3)37)12-15-33(23,8)28(34)27(38)22-18-35(22,24)25(31)19-32;;/h20,22-26,28H,10-19H2,1-9H3,(H,36,39);2*1H/t22?,23?,24?,25-,26+,28?,31+,32?,33+,34+,35?;;/m1../s1. The maximum atomic E-state index is 14.8. The number of esters is 1. The van der Waals surface area contributed by atoms with Crippen molar-refractivity contribution in [2.45, 2.75) is 139 Å². The third kappa shape index (κ3) is 3.60. The molecule has 5 heteroatoms. The van der Waals surface area contributed by atoms with Crippen LogP contribution in [0.5, 0.6) is 0 Å². The van der Waals surface area contributed by atoms with E-state index in [-0.39, 0.29) is 71.2 Å². The van der Waals surface area contributed by atoms with E-state index in [1.807, 2.05) is 0 Å². The summed E-state index contributed by atoms with van der Waals surface area (Å²) in [5, 5.41) is 3.24.